The summed E-state index contributed by atoms with van der Waals surface area (Å²) in [5.41, 5.74) is 0. The maximum Gasteiger partial charge on any atom is 0.261 e. The molecule has 0 amide bonds. The highest BCUT2D eigenvalue weighted by Crippen LogP contribution is 2.36. The van der Waals surface area contributed by atoms with E-state index in [1.807, 2.05) is 12.1 Å². The van der Waals surface area contributed by atoms with Crippen molar-refractivity contribution in [1.29, 1.82) is 0 Å². The summed E-state index contributed by atoms with van der Waals surface area (Å²) in [6.45, 7) is 0. The third kappa shape index (κ3) is 3.89. The average molecular weight is 461 g/mol. The van der Waals surface area contributed by atoms with Gasteiger partial charge in [-0.05, 0) is 52.3 Å². The standard InChI is InChI=1S/C12H6Br2Cl2O3S/c13-7-1-3-11(9(14)5-7)19-12-4-2-8(6-10(12)15)20(16,17)18/h1-6H. The first-order valence-electron chi connectivity index (χ1n) is 5.14. The predicted octanol–water partition coefficient (Wildman–Crippen LogP) is 5.58. The van der Waals surface area contributed by atoms with Gasteiger partial charge in [0.25, 0.3) is 9.05 Å². The molecule has 0 fully saturated rings. The van der Waals surface area contributed by atoms with Gasteiger partial charge >= 0.3 is 0 Å². The van der Waals surface area contributed by atoms with E-state index in [2.05, 4.69) is 31.9 Å². The first-order chi connectivity index (χ1) is 9.27. The number of halogens is 4. The van der Waals surface area contributed by atoms with Crippen molar-refractivity contribution in [3.8, 4) is 11.5 Å². The highest BCUT2D eigenvalue weighted by molar-refractivity contribution is 9.11. The zero-order valence-electron chi connectivity index (χ0n) is 9.61. The summed E-state index contributed by atoms with van der Waals surface area (Å²) < 4.78 is 29.7. The lowest BCUT2D eigenvalue weighted by Crippen LogP contribution is -1.92. The quantitative estimate of drug-likeness (QED) is 0.561. The summed E-state index contributed by atoms with van der Waals surface area (Å²) in [4.78, 5) is -0.0774. The molecule has 0 aliphatic heterocycles. The topological polar surface area (TPSA) is 43.4 Å². The largest absolute Gasteiger partial charge is 0.455 e. The molecule has 2 rings (SSSR count). The molecule has 3 nitrogen and oxygen atoms in total. The van der Waals surface area contributed by atoms with Gasteiger partial charge in [0, 0.05) is 15.2 Å². The molecule has 0 aliphatic rings. The zero-order chi connectivity index (χ0) is 14.9. The van der Waals surface area contributed by atoms with Crippen LogP contribution in [0.2, 0.25) is 5.02 Å². The van der Waals surface area contributed by atoms with Crippen LogP contribution in [-0.2, 0) is 9.05 Å². The van der Waals surface area contributed by atoms with Crippen LogP contribution in [0.5, 0.6) is 11.5 Å². The van der Waals surface area contributed by atoms with E-state index >= 15 is 0 Å². The van der Waals surface area contributed by atoms with E-state index in [4.69, 9.17) is 27.0 Å². The lowest BCUT2D eigenvalue weighted by atomic mass is 10.3. The lowest BCUT2D eigenvalue weighted by Gasteiger charge is -2.10. The second-order valence-corrected chi connectivity index (χ2v) is 8.45. The molecule has 8 heteroatoms. The van der Waals surface area contributed by atoms with Crippen LogP contribution in [0.25, 0.3) is 0 Å². The van der Waals surface area contributed by atoms with E-state index in [1.165, 1.54) is 18.2 Å². The van der Waals surface area contributed by atoms with Crippen molar-refractivity contribution in [3.63, 3.8) is 0 Å². The summed E-state index contributed by atoms with van der Waals surface area (Å²) in [5.74, 6) is 0.885. The molecular formula is C12H6Br2Cl2O3S. The number of ether oxygens (including phenoxy) is 1. The fourth-order valence-corrected chi connectivity index (χ4v) is 3.58. The van der Waals surface area contributed by atoms with Crippen LogP contribution in [0.15, 0.2) is 50.2 Å². The molecule has 0 spiro atoms. The molecule has 0 atom stereocenters. The van der Waals surface area contributed by atoms with Gasteiger partial charge in [0.1, 0.15) is 11.5 Å². The molecule has 20 heavy (non-hydrogen) atoms. The molecule has 2 aromatic rings. The monoisotopic (exact) mass is 458 g/mol. The molecular weight excluding hydrogens is 455 g/mol. The van der Waals surface area contributed by atoms with Crippen molar-refractivity contribution in [1.82, 2.24) is 0 Å². The molecule has 0 radical (unpaired) electrons. The third-order valence-corrected chi connectivity index (χ3v) is 5.06. The minimum Gasteiger partial charge on any atom is -0.455 e. The Kier molecular flexibility index (Phi) is 5.02. The molecule has 0 unspecified atom stereocenters. The van der Waals surface area contributed by atoms with Gasteiger partial charge in [-0.3, -0.25) is 0 Å². The highest BCUT2D eigenvalue weighted by Gasteiger charge is 2.14. The fraction of sp³-hybridized carbons (Fsp3) is 0. The van der Waals surface area contributed by atoms with Gasteiger partial charge < -0.3 is 4.74 Å². The van der Waals surface area contributed by atoms with Crippen LogP contribution in [0.1, 0.15) is 0 Å². The Hall–Kier alpha value is -0.270. The Labute approximate surface area is 142 Å². The molecule has 0 heterocycles. The van der Waals surface area contributed by atoms with Crippen LogP contribution < -0.4 is 4.74 Å². The molecule has 0 bridgehead atoms. The number of benzene rings is 2. The van der Waals surface area contributed by atoms with Crippen molar-refractivity contribution in [2.45, 2.75) is 4.90 Å². The lowest BCUT2D eigenvalue weighted by molar-refractivity contribution is 0.479. The maximum absolute atomic E-state index is 11.2. The van der Waals surface area contributed by atoms with Gasteiger partial charge in [-0.2, -0.15) is 0 Å². The molecule has 0 N–H and O–H groups in total. The van der Waals surface area contributed by atoms with Crippen molar-refractivity contribution < 1.29 is 13.2 Å². The van der Waals surface area contributed by atoms with Gasteiger partial charge in [0.2, 0.25) is 0 Å². The van der Waals surface area contributed by atoms with Crippen molar-refractivity contribution in [2.24, 2.45) is 0 Å². The van der Waals surface area contributed by atoms with Crippen LogP contribution in [0, 0.1) is 0 Å². The fourth-order valence-electron chi connectivity index (χ4n) is 1.39. The van der Waals surface area contributed by atoms with E-state index < -0.39 is 9.05 Å². The SMILES string of the molecule is O=S(=O)(Cl)c1ccc(Oc2ccc(Br)cc2Br)c(Cl)c1. The zero-order valence-corrected chi connectivity index (χ0v) is 15.1. The van der Waals surface area contributed by atoms with Crippen molar-refractivity contribution in [2.75, 3.05) is 0 Å². The smallest absolute Gasteiger partial charge is 0.261 e. The van der Waals surface area contributed by atoms with Crippen LogP contribution >= 0.6 is 54.1 Å². The molecule has 2 aromatic carbocycles. The summed E-state index contributed by atoms with van der Waals surface area (Å²) in [7, 11) is 1.43. The van der Waals surface area contributed by atoms with E-state index in [0.717, 1.165) is 8.95 Å². The van der Waals surface area contributed by atoms with E-state index in [1.54, 1.807) is 6.07 Å². The van der Waals surface area contributed by atoms with E-state index in [9.17, 15) is 8.42 Å². The van der Waals surface area contributed by atoms with Crippen LogP contribution in [0.3, 0.4) is 0 Å². The minimum atomic E-state index is -3.81. The van der Waals surface area contributed by atoms with E-state index in [-0.39, 0.29) is 9.92 Å². The summed E-state index contributed by atoms with van der Waals surface area (Å²) in [6, 6.07) is 9.40. The maximum atomic E-state index is 11.2. The molecule has 106 valence electrons. The first kappa shape index (κ1) is 16.1. The normalized spacial score (nSPS) is 11.4. The summed E-state index contributed by atoms with van der Waals surface area (Å²) >= 11 is 12.7. The Morgan fingerprint density at radius 3 is 2.20 bits per heavy atom. The second-order valence-electron chi connectivity index (χ2n) is 3.71. The van der Waals surface area contributed by atoms with E-state index in [0.29, 0.717) is 11.5 Å². The number of rotatable bonds is 3. The van der Waals surface area contributed by atoms with Crippen LogP contribution in [0.4, 0.5) is 0 Å². The van der Waals surface area contributed by atoms with Crippen LogP contribution in [-0.4, -0.2) is 8.42 Å². The Morgan fingerprint density at radius 1 is 1.00 bits per heavy atom. The Bertz CT molecular complexity index is 763. The van der Waals surface area contributed by atoms with Crippen molar-refractivity contribution in [3.05, 3.63) is 50.4 Å². The summed E-state index contributed by atoms with van der Waals surface area (Å²) in [5, 5.41) is 0.154. The third-order valence-electron chi connectivity index (χ3n) is 2.30. The molecule has 0 saturated carbocycles. The predicted molar refractivity (Wildman–Crippen MR) is 86.4 cm³/mol. The van der Waals surface area contributed by atoms with Crippen molar-refractivity contribution >= 4 is 63.2 Å². The van der Waals surface area contributed by atoms with Gasteiger partial charge in [-0.25, -0.2) is 8.42 Å². The minimum absolute atomic E-state index is 0.0774. The molecule has 0 saturated heterocycles. The number of hydrogen-bond donors (Lipinski definition) is 0. The highest BCUT2D eigenvalue weighted by atomic mass is 79.9. The first-order valence-corrected chi connectivity index (χ1v) is 9.42. The van der Waals surface area contributed by atoms with Gasteiger partial charge in [-0.15, -0.1) is 0 Å². The molecule has 0 aromatic heterocycles. The molecule has 0 aliphatic carbocycles. The Morgan fingerprint density at radius 2 is 1.65 bits per heavy atom. The van der Waals surface area contributed by atoms with Gasteiger partial charge in [0.15, 0.2) is 0 Å². The summed E-state index contributed by atoms with van der Waals surface area (Å²) in [6.07, 6.45) is 0. The Balaban J connectivity index is 2.35. The second kappa shape index (κ2) is 6.23. The van der Waals surface area contributed by atoms with Gasteiger partial charge in [-0.1, -0.05) is 27.5 Å². The average Bonchev–Trinajstić information content (AvgIpc) is 2.33. The van der Waals surface area contributed by atoms with Gasteiger partial charge in [0.05, 0.1) is 14.4 Å². The number of hydrogen-bond acceptors (Lipinski definition) is 3.